The molecule has 0 saturated heterocycles. The number of H-pyrrole nitrogens is 1. The average Bonchev–Trinajstić information content (AvgIpc) is 2.72. The Balaban J connectivity index is 2.13. The molecule has 2 heterocycles. The van der Waals surface area contributed by atoms with E-state index in [2.05, 4.69) is 14.7 Å². The Bertz CT molecular complexity index is 853. The predicted octanol–water partition coefficient (Wildman–Crippen LogP) is 3.98. The van der Waals surface area contributed by atoms with Crippen molar-refractivity contribution in [2.24, 2.45) is 0 Å². The molecule has 3 rings (SSSR count). The van der Waals surface area contributed by atoms with Crippen molar-refractivity contribution in [1.82, 2.24) is 14.5 Å². The highest BCUT2D eigenvalue weighted by Crippen LogP contribution is 2.26. The van der Waals surface area contributed by atoms with Gasteiger partial charge >= 0.3 is 6.36 Å². The molecule has 0 spiro atoms. The van der Waals surface area contributed by atoms with Gasteiger partial charge in [0.15, 0.2) is 10.4 Å². The monoisotopic (exact) mass is 311 g/mol. The van der Waals surface area contributed by atoms with Crippen LogP contribution in [-0.2, 0) is 0 Å². The molecule has 0 atom stereocenters. The van der Waals surface area contributed by atoms with Gasteiger partial charge in [-0.25, -0.2) is 4.98 Å². The van der Waals surface area contributed by atoms with Crippen LogP contribution in [0.25, 0.3) is 16.9 Å². The van der Waals surface area contributed by atoms with E-state index < -0.39 is 6.36 Å². The number of hydrogen-bond donors (Lipinski definition) is 1. The maximum Gasteiger partial charge on any atom is 0.573 e. The largest absolute Gasteiger partial charge is 0.573 e. The number of rotatable bonds is 2. The first-order chi connectivity index (χ1) is 9.94. The van der Waals surface area contributed by atoms with Gasteiger partial charge in [-0.1, -0.05) is 6.07 Å². The van der Waals surface area contributed by atoms with Crippen molar-refractivity contribution in [2.45, 2.75) is 6.36 Å². The van der Waals surface area contributed by atoms with Gasteiger partial charge in [-0.15, -0.1) is 13.2 Å². The molecule has 0 aliphatic carbocycles. The van der Waals surface area contributed by atoms with Gasteiger partial charge in [-0.3, -0.25) is 4.57 Å². The van der Waals surface area contributed by atoms with Gasteiger partial charge < -0.3 is 9.72 Å². The van der Waals surface area contributed by atoms with Gasteiger partial charge in [0.1, 0.15) is 5.75 Å². The zero-order chi connectivity index (χ0) is 15.0. The second-order valence-electron chi connectivity index (χ2n) is 4.19. The molecule has 0 saturated carbocycles. The smallest absolute Gasteiger partial charge is 0.406 e. The zero-order valence-electron chi connectivity index (χ0n) is 10.4. The summed E-state index contributed by atoms with van der Waals surface area (Å²) in [5, 5.41) is 0. The first-order valence-electron chi connectivity index (χ1n) is 5.86. The lowest BCUT2D eigenvalue weighted by Crippen LogP contribution is -2.17. The molecule has 0 fully saturated rings. The van der Waals surface area contributed by atoms with Crippen LogP contribution in [0.4, 0.5) is 13.2 Å². The Morgan fingerprint density at radius 3 is 2.76 bits per heavy atom. The van der Waals surface area contributed by atoms with Crippen LogP contribution in [-0.4, -0.2) is 20.9 Å². The summed E-state index contributed by atoms with van der Waals surface area (Å²) < 4.78 is 42.6. The summed E-state index contributed by atoms with van der Waals surface area (Å²) in [6.07, 6.45) is -3.16. The molecule has 0 radical (unpaired) electrons. The minimum Gasteiger partial charge on any atom is -0.406 e. The number of alkyl halides is 3. The van der Waals surface area contributed by atoms with Crippen LogP contribution in [0.5, 0.6) is 5.75 Å². The van der Waals surface area contributed by atoms with E-state index in [0.29, 0.717) is 21.6 Å². The van der Waals surface area contributed by atoms with E-state index in [0.717, 1.165) is 0 Å². The Morgan fingerprint density at radius 2 is 2.00 bits per heavy atom. The Labute approximate surface area is 121 Å². The second kappa shape index (κ2) is 4.88. The van der Waals surface area contributed by atoms with Crippen LogP contribution in [0, 0.1) is 4.77 Å². The van der Waals surface area contributed by atoms with Crippen molar-refractivity contribution in [3.05, 3.63) is 47.4 Å². The normalized spacial score (nSPS) is 11.8. The molecule has 21 heavy (non-hydrogen) atoms. The summed E-state index contributed by atoms with van der Waals surface area (Å²) in [5.41, 5.74) is 1.67. The molecule has 0 aliphatic rings. The summed E-state index contributed by atoms with van der Waals surface area (Å²) in [6.45, 7) is 0. The number of fused-ring (bicyclic) bond motifs is 1. The lowest BCUT2D eigenvalue weighted by atomic mass is 10.3. The predicted molar refractivity (Wildman–Crippen MR) is 72.9 cm³/mol. The third-order valence-electron chi connectivity index (χ3n) is 2.75. The molecule has 2 aromatic heterocycles. The molecule has 1 N–H and O–H groups in total. The van der Waals surface area contributed by atoms with Crippen molar-refractivity contribution in [3.63, 3.8) is 0 Å². The van der Waals surface area contributed by atoms with Crippen LogP contribution < -0.4 is 4.74 Å². The maximum atomic E-state index is 12.3. The molecule has 1 aromatic carbocycles. The third kappa shape index (κ3) is 2.75. The molecular weight excluding hydrogens is 303 g/mol. The standard InChI is InChI=1S/C13H8F3N3OS/c14-13(15,16)20-9-4-1-3-8(7-9)19-11-10(18-12(19)21)5-2-6-17-11/h1-7H,(H,18,21). The van der Waals surface area contributed by atoms with E-state index in [1.807, 2.05) is 0 Å². The van der Waals surface area contributed by atoms with Crippen molar-refractivity contribution >= 4 is 23.4 Å². The number of benzene rings is 1. The average molecular weight is 311 g/mol. The number of pyridine rings is 1. The molecular formula is C13H8F3N3OS. The molecule has 3 aromatic rings. The molecule has 0 bridgehead atoms. The first-order valence-corrected chi connectivity index (χ1v) is 6.27. The van der Waals surface area contributed by atoms with Crippen LogP contribution in [0.15, 0.2) is 42.6 Å². The fourth-order valence-electron chi connectivity index (χ4n) is 2.00. The van der Waals surface area contributed by atoms with Crippen LogP contribution >= 0.6 is 12.2 Å². The van der Waals surface area contributed by atoms with Crippen molar-refractivity contribution in [1.29, 1.82) is 0 Å². The van der Waals surface area contributed by atoms with Crippen molar-refractivity contribution in [3.8, 4) is 11.4 Å². The van der Waals surface area contributed by atoms with Crippen LogP contribution in [0.3, 0.4) is 0 Å². The molecule has 108 valence electrons. The number of halogens is 3. The quantitative estimate of drug-likeness (QED) is 0.728. The number of nitrogens with one attached hydrogen (secondary N) is 1. The Morgan fingerprint density at radius 1 is 1.19 bits per heavy atom. The van der Waals surface area contributed by atoms with Gasteiger partial charge in [0.05, 0.1) is 11.2 Å². The molecule has 0 aliphatic heterocycles. The van der Waals surface area contributed by atoms with Gasteiger partial charge in [0.25, 0.3) is 0 Å². The van der Waals surface area contributed by atoms with E-state index in [-0.39, 0.29) is 5.75 Å². The minimum atomic E-state index is -4.74. The van der Waals surface area contributed by atoms with E-state index in [9.17, 15) is 13.2 Å². The number of ether oxygens (including phenoxy) is 1. The lowest BCUT2D eigenvalue weighted by Gasteiger charge is -2.10. The first kappa shape index (κ1) is 13.6. The zero-order valence-corrected chi connectivity index (χ0v) is 11.2. The second-order valence-corrected chi connectivity index (χ2v) is 4.57. The third-order valence-corrected chi connectivity index (χ3v) is 3.04. The maximum absolute atomic E-state index is 12.3. The summed E-state index contributed by atoms with van der Waals surface area (Å²) >= 11 is 5.19. The number of imidazole rings is 1. The summed E-state index contributed by atoms with van der Waals surface area (Å²) in [4.78, 5) is 7.13. The number of aromatic amines is 1. The van der Waals surface area contributed by atoms with Gasteiger partial charge in [-0.2, -0.15) is 0 Å². The number of hydrogen-bond acceptors (Lipinski definition) is 3. The highest BCUT2D eigenvalue weighted by Gasteiger charge is 2.31. The van der Waals surface area contributed by atoms with Gasteiger partial charge in [0, 0.05) is 12.3 Å². The Kier molecular flexibility index (Phi) is 3.17. The molecule has 8 heteroatoms. The van der Waals surface area contributed by atoms with Gasteiger partial charge in [0.2, 0.25) is 0 Å². The highest BCUT2D eigenvalue weighted by molar-refractivity contribution is 7.71. The molecule has 0 unspecified atom stereocenters. The van der Waals surface area contributed by atoms with Crippen molar-refractivity contribution in [2.75, 3.05) is 0 Å². The van der Waals surface area contributed by atoms with Crippen LogP contribution in [0.1, 0.15) is 0 Å². The van der Waals surface area contributed by atoms with E-state index in [1.165, 1.54) is 18.2 Å². The van der Waals surface area contributed by atoms with Crippen LogP contribution in [0.2, 0.25) is 0 Å². The minimum absolute atomic E-state index is 0.313. The van der Waals surface area contributed by atoms with Crippen molar-refractivity contribution < 1.29 is 17.9 Å². The van der Waals surface area contributed by atoms with Gasteiger partial charge in [-0.05, 0) is 36.5 Å². The molecule has 0 amide bonds. The fraction of sp³-hybridized carbons (Fsp3) is 0.0769. The topological polar surface area (TPSA) is 42.8 Å². The number of nitrogens with zero attached hydrogens (tertiary/aromatic N) is 2. The van der Waals surface area contributed by atoms with E-state index >= 15 is 0 Å². The SMILES string of the molecule is FC(F)(F)Oc1cccc(-n2c(=S)[nH]c3cccnc32)c1. The lowest BCUT2D eigenvalue weighted by molar-refractivity contribution is -0.274. The summed E-state index contributed by atoms with van der Waals surface area (Å²) in [6, 6.07) is 9.08. The summed E-state index contributed by atoms with van der Waals surface area (Å²) in [7, 11) is 0. The fourth-order valence-corrected chi connectivity index (χ4v) is 2.30. The molecule has 4 nitrogen and oxygen atoms in total. The number of aromatic nitrogens is 3. The summed E-state index contributed by atoms with van der Waals surface area (Å²) in [5.74, 6) is -0.313. The highest BCUT2D eigenvalue weighted by atomic mass is 32.1. The van der Waals surface area contributed by atoms with E-state index in [4.69, 9.17) is 12.2 Å². The van der Waals surface area contributed by atoms with E-state index in [1.54, 1.807) is 29.0 Å². The Hall–Kier alpha value is -2.35.